The predicted molar refractivity (Wildman–Crippen MR) is 211 cm³/mol. The number of hydrogen-bond donors (Lipinski definition) is 3. The number of nitrogens with one attached hydrogen (secondary N) is 1. The molecule has 0 radical (unpaired) electrons. The Morgan fingerprint density at radius 2 is 1.52 bits per heavy atom. The van der Waals surface area contributed by atoms with Gasteiger partial charge in [-0.2, -0.15) is 0 Å². The van der Waals surface area contributed by atoms with E-state index in [2.05, 4.69) is 85.0 Å². The van der Waals surface area contributed by atoms with Crippen LogP contribution in [0, 0.1) is 68.0 Å². The lowest BCUT2D eigenvalue weighted by Crippen LogP contribution is -2.66. The molecular weight excluding hydrogens is 675 g/mol. The van der Waals surface area contributed by atoms with E-state index in [1.807, 2.05) is 19.9 Å². The van der Waals surface area contributed by atoms with Crippen LogP contribution in [-0.2, 0) is 19.1 Å². The number of benzene rings is 1. The van der Waals surface area contributed by atoms with Gasteiger partial charge in [0.25, 0.3) is 0 Å². The summed E-state index contributed by atoms with van der Waals surface area (Å²) in [7, 11) is 0. The van der Waals surface area contributed by atoms with Crippen molar-refractivity contribution < 1.29 is 29.3 Å². The molecule has 12 atom stereocenters. The average molecular weight is 744 g/mol. The zero-order valence-corrected chi connectivity index (χ0v) is 34.9. The van der Waals surface area contributed by atoms with E-state index in [4.69, 9.17) is 4.74 Å². The molecule has 0 aliphatic heterocycles. The predicted octanol–water partition coefficient (Wildman–Crippen LogP) is 9.34. The first kappa shape index (κ1) is 39.7. The van der Waals surface area contributed by atoms with Crippen molar-refractivity contribution in [3.8, 4) is 0 Å². The highest BCUT2D eigenvalue weighted by molar-refractivity contribution is 6.00. The molecule has 0 saturated heterocycles. The van der Waals surface area contributed by atoms with E-state index < -0.39 is 28.8 Å². The number of aliphatic hydroxyl groups is 1. The Kier molecular flexibility index (Phi) is 9.77. The molecule has 7 heteroatoms. The number of allylic oxidation sites excluding steroid dienone is 1. The molecule has 6 aliphatic rings. The Morgan fingerprint density at radius 1 is 0.833 bits per heavy atom. The van der Waals surface area contributed by atoms with Crippen LogP contribution in [0.2, 0.25) is 0 Å². The quantitative estimate of drug-likeness (QED) is 0.216. The number of Topliss-reactive ketones (excluding diaryl/α,β-unsaturated/α-hetero) is 1. The number of carboxylic acids is 1. The summed E-state index contributed by atoms with van der Waals surface area (Å²) in [5, 5.41) is 25.6. The van der Waals surface area contributed by atoms with Gasteiger partial charge in [-0.05, 0) is 121 Å². The Balaban J connectivity index is 1.14. The van der Waals surface area contributed by atoms with Crippen molar-refractivity contribution in [2.75, 3.05) is 6.54 Å². The van der Waals surface area contributed by atoms with Crippen molar-refractivity contribution in [2.45, 2.75) is 152 Å². The molecule has 0 amide bonds. The van der Waals surface area contributed by atoms with Crippen molar-refractivity contribution in [1.29, 1.82) is 0 Å². The molecule has 6 aliphatic carbocycles. The number of ether oxygens (including phenoxy) is 1. The molecular formula is C47H69NO6. The van der Waals surface area contributed by atoms with E-state index in [1.54, 1.807) is 0 Å². The van der Waals surface area contributed by atoms with Gasteiger partial charge in [0.15, 0.2) is 5.78 Å². The minimum absolute atomic E-state index is 0.00190. The maximum atomic E-state index is 14.1. The zero-order chi connectivity index (χ0) is 39.4. The Hall–Kier alpha value is -2.51. The summed E-state index contributed by atoms with van der Waals surface area (Å²) in [6.45, 7) is 23.1. The molecule has 1 aromatic carbocycles. The molecule has 0 spiro atoms. The fourth-order valence-electron chi connectivity index (χ4n) is 14.6. The summed E-state index contributed by atoms with van der Waals surface area (Å²) in [5.41, 5.74) is 2.35. The summed E-state index contributed by atoms with van der Waals surface area (Å²) in [5.74, 6) is -0.375. The third kappa shape index (κ3) is 5.57. The van der Waals surface area contributed by atoms with Crippen molar-refractivity contribution in [3.63, 3.8) is 0 Å². The van der Waals surface area contributed by atoms with Gasteiger partial charge in [-0.25, -0.2) is 0 Å². The molecule has 0 aromatic heterocycles. The SMILES string of the molecule is CC(C)C1=C2[C@H]3CC[C@@H]4[C@@]5(C)CC[C@H](OC(=O)[C@H]6C[C@@H](C(=O)O)C6(C)C)C(C)(C)[C@@H]5CC[C@@]4(C)[C@]3(C)CC[C@@]2([C@@H](O)CN[C@@H](C)c2ccccc2)CC1=O. The number of fused-ring (bicyclic) bond motifs is 7. The van der Waals surface area contributed by atoms with E-state index in [-0.39, 0.29) is 63.3 Å². The summed E-state index contributed by atoms with van der Waals surface area (Å²) in [4.78, 5) is 39.5. The molecule has 0 bridgehead atoms. The number of carbonyl (C=O) groups excluding carboxylic acids is 2. The van der Waals surface area contributed by atoms with E-state index in [9.17, 15) is 24.6 Å². The van der Waals surface area contributed by atoms with Gasteiger partial charge in [-0.3, -0.25) is 14.4 Å². The monoisotopic (exact) mass is 744 g/mol. The third-order valence-electron chi connectivity index (χ3n) is 18.1. The second-order valence-corrected chi connectivity index (χ2v) is 21.2. The highest BCUT2D eigenvalue weighted by Gasteiger charge is 2.71. The minimum atomic E-state index is -0.826. The van der Waals surface area contributed by atoms with Crippen LogP contribution in [0.4, 0.5) is 0 Å². The first-order valence-electron chi connectivity index (χ1n) is 21.3. The fraction of sp³-hybridized carbons (Fsp3) is 0.766. The summed E-state index contributed by atoms with van der Waals surface area (Å²) in [6, 6.07) is 10.5. The number of ketones is 1. The van der Waals surface area contributed by atoms with Crippen LogP contribution in [0.5, 0.6) is 0 Å². The van der Waals surface area contributed by atoms with E-state index in [0.717, 1.165) is 56.9 Å². The number of hydrogen-bond acceptors (Lipinski definition) is 6. The summed E-state index contributed by atoms with van der Waals surface area (Å²) < 4.78 is 6.42. The largest absolute Gasteiger partial charge is 0.481 e. The Labute approximate surface area is 324 Å². The van der Waals surface area contributed by atoms with Gasteiger partial charge in [0, 0.05) is 29.8 Å². The minimum Gasteiger partial charge on any atom is -0.481 e. The lowest BCUT2D eigenvalue weighted by molar-refractivity contribution is -0.238. The zero-order valence-electron chi connectivity index (χ0n) is 34.9. The standard InChI is InChI=1S/C47H69NO6/c1-27(2)38-33(49)25-47(36(50)26-48-28(3)29-14-12-11-13-15-29)23-22-45(9)30(39(38)47)16-17-35-44(8)20-19-37(43(6,7)34(44)18-21-46(35,45)10)54-41(53)32-24-31(40(51)52)42(32,4)5/h11-15,27-28,30-32,34-37,48,50H,16-26H2,1-10H3,(H,51,52)/t28-,30+,31-,32+,34-,35+,36-,37-,44-,45+,46+,47-/m0/s1. The van der Waals surface area contributed by atoms with Crippen molar-refractivity contribution in [2.24, 2.45) is 68.0 Å². The topological polar surface area (TPSA) is 113 Å². The van der Waals surface area contributed by atoms with Crippen LogP contribution in [0.25, 0.3) is 0 Å². The highest BCUT2D eigenvalue weighted by atomic mass is 16.5. The van der Waals surface area contributed by atoms with Gasteiger partial charge < -0.3 is 20.3 Å². The van der Waals surface area contributed by atoms with Crippen molar-refractivity contribution in [1.82, 2.24) is 5.32 Å². The second-order valence-electron chi connectivity index (χ2n) is 21.2. The number of carboxylic acid groups (broad SMARTS) is 1. The molecule has 298 valence electrons. The van der Waals surface area contributed by atoms with Gasteiger partial charge in [0.2, 0.25) is 0 Å². The van der Waals surface area contributed by atoms with Gasteiger partial charge in [-0.15, -0.1) is 0 Å². The summed E-state index contributed by atoms with van der Waals surface area (Å²) in [6.07, 6.45) is 7.99. The third-order valence-corrected chi connectivity index (χ3v) is 18.1. The normalized spacial score (nSPS) is 41.8. The molecule has 5 saturated carbocycles. The Bertz CT molecular complexity index is 1700. The van der Waals surface area contributed by atoms with Crippen LogP contribution in [0.15, 0.2) is 41.5 Å². The van der Waals surface area contributed by atoms with Gasteiger partial charge in [-0.1, -0.05) is 98.2 Å². The molecule has 1 aromatic rings. The van der Waals surface area contributed by atoms with Crippen LogP contribution in [0.3, 0.4) is 0 Å². The molecule has 5 fully saturated rings. The number of aliphatic hydroxyl groups excluding tert-OH is 1. The van der Waals surface area contributed by atoms with Crippen molar-refractivity contribution in [3.05, 3.63) is 47.0 Å². The van der Waals surface area contributed by atoms with E-state index in [1.165, 1.54) is 11.1 Å². The van der Waals surface area contributed by atoms with Crippen LogP contribution in [0.1, 0.15) is 145 Å². The summed E-state index contributed by atoms with van der Waals surface area (Å²) >= 11 is 0. The smallest absolute Gasteiger partial charge is 0.309 e. The molecule has 0 heterocycles. The molecule has 7 nitrogen and oxygen atoms in total. The number of rotatable bonds is 9. The number of aliphatic carboxylic acids is 1. The lowest BCUT2D eigenvalue weighted by atomic mass is 9.33. The van der Waals surface area contributed by atoms with Gasteiger partial charge in [0.05, 0.1) is 17.9 Å². The Morgan fingerprint density at radius 3 is 2.15 bits per heavy atom. The van der Waals surface area contributed by atoms with E-state index in [0.29, 0.717) is 31.2 Å². The van der Waals surface area contributed by atoms with Gasteiger partial charge >= 0.3 is 11.9 Å². The van der Waals surface area contributed by atoms with Crippen LogP contribution in [-0.4, -0.2) is 46.7 Å². The van der Waals surface area contributed by atoms with Crippen LogP contribution < -0.4 is 5.32 Å². The molecule has 0 unspecified atom stereocenters. The first-order chi connectivity index (χ1) is 25.2. The average Bonchev–Trinajstić information content (AvgIpc) is 3.41. The highest BCUT2D eigenvalue weighted by Crippen LogP contribution is 2.77. The second kappa shape index (κ2) is 13.3. The molecule has 54 heavy (non-hydrogen) atoms. The lowest BCUT2D eigenvalue weighted by Gasteiger charge is -2.72. The number of carbonyl (C=O) groups is 3. The van der Waals surface area contributed by atoms with E-state index >= 15 is 0 Å². The van der Waals surface area contributed by atoms with Crippen molar-refractivity contribution >= 4 is 17.7 Å². The first-order valence-corrected chi connectivity index (χ1v) is 21.3. The van der Waals surface area contributed by atoms with Crippen LogP contribution >= 0.6 is 0 Å². The molecule has 3 N–H and O–H groups in total. The maximum absolute atomic E-state index is 14.1. The number of esters is 1. The molecule has 7 rings (SSSR count). The fourth-order valence-corrected chi connectivity index (χ4v) is 14.6. The van der Waals surface area contributed by atoms with Gasteiger partial charge in [0.1, 0.15) is 6.10 Å². The maximum Gasteiger partial charge on any atom is 0.309 e.